The second-order valence-corrected chi connectivity index (χ2v) is 6.48. The lowest BCUT2D eigenvalue weighted by molar-refractivity contribution is 0.0773. The van der Waals surface area contributed by atoms with Crippen LogP contribution in [0.15, 0.2) is 60.9 Å². The minimum Gasteiger partial charge on any atom is -0.492 e. The first-order valence-corrected chi connectivity index (χ1v) is 8.66. The molecule has 5 nitrogen and oxygen atoms in total. The molecule has 2 aromatic carbocycles. The molecule has 0 aliphatic rings. The molecule has 6 heteroatoms. The normalized spacial score (nSPS) is 10.6. The number of nitrogens with zero attached hydrogens (tertiary/aromatic N) is 3. The monoisotopic (exact) mass is 369 g/mol. The third-order valence-electron chi connectivity index (χ3n) is 3.95. The molecule has 0 saturated heterocycles. The Labute approximate surface area is 157 Å². The van der Waals surface area contributed by atoms with E-state index in [1.807, 2.05) is 43.3 Å². The van der Waals surface area contributed by atoms with Crippen molar-refractivity contribution in [3.05, 3.63) is 77.1 Å². The molecule has 0 unspecified atom stereocenters. The smallest absolute Gasteiger partial charge is 0.256 e. The average Bonchev–Trinajstić information content (AvgIpc) is 3.11. The summed E-state index contributed by atoms with van der Waals surface area (Å²) in [4.78, 5) is 14.2. The standard InChI is InChI=1S/C20H20ClN3O2/c1-15-4-3-5-19(12-15)26-11-10-23(2)20(25)16-13-22-24(14-16)18-8-6-17(21)7-9-18/h3-9,12-14H,10-11H2,1-2H3. The maximum Gasteiger partial charge on any atom is 0.256 e. The van der Waals surface area contributed by atoms with Gasteiger partial charge >= 0.3 is 0 Å². The Morgan fingerprint density at radius 3 is 2.73 bits per heavy atom. The summed E-state index contributed by atoms with van der Waals surface area (Å²) >= 11 is 5.90. The van der Waals surface area contributed by atoms with Crippen molar-refractivity contribution in [1.29, 1.82) is 0 Å². The minimum atomic E-state index is -0.0990. The third-order valence-corrected chi connectivity index (χ3v) is 4.20. The van der Waals surface area contributed by atoms with Gasteiger partial charge in [0.1, 0.15) is 12.4 Å². The molecule has 3 aromatic rings. The minimum absolute atomic E-state index is 0.0990. The van der Waals surface area contributed by atoms with Crippen molar-refractivity contribution in [2.24, 2.45) is 0 Å². The lowest BCUT2D eigenvalue weighted by atomic mass is 10.2. The summed E-state index contributed by atoms with van der Waals surface area (Å²) in [5.41, 5.74) is 2.51. The van der Waals surface area contributed by atoms with Crippen LogP contribution in [0.1, 0.15) is 15.9 Å². The number of halogens is 1. The predicted octanol–water partition coefficient (Wildman–Crippen LogP) is 3.99. The molecular formula is C20H20ClN3O2. The summed E-state index contributed by atoms with van der Waals surface area (Å²) in [6.45, 7) is 2.93. The molecule has 26 heavy (non-hydrogen) atoms. The molecule has 0 saturated carbocycles. The van der Waals surface area contributed by atoms with Crippen molar-refractivity contribution in [2.45, 2.75) is 6.92 Å². The number of ether oxygens (including phenoxy) is 1. The molecule has 0 bridgehead atoms. The summed E-state index contributed by atoms with van der Waals surface area (Å²) in [7, 11) is 1.75. The fraction of sp³-hybridized carbons (Fsp3) is 0.200. The van der Waals surface area contributed by atoms with Crippen molar-refractivity contribution in [1.82, 2.24) is 14.7 Å². The van der Waals surface area contributed by atoms with Gasteiger partial charge in [0.05, 0.1) is 24.0 Å². The molecule has 0 spiro atoms. The van der Waals surface area contributed by atoms with E-state index in [9.17, 15) is 4.79 Å². The van der Waals surface area contributed by atoms with Crippen LogP contribution in [0.25, 0.3) is 5.69 Å². The number of aromatic nitrogens is 2. The second kappa shape index (κ2) is 8.06. The zero-order valence-electron chi connectivity index (χ0n) is 14.7. The van der Waals surface area contributed by atoms with Crippen LogP contribution in [0.5, 0.6) is 5.75 Å². The predicted molar refractivity (Wildman–Crippen MR) is 102 cm³/mol. The van der Waals surface area contributed by atoms with Crippen LogP contribution < -0.4 is 4.74 Å². The Morgan fingerprint density at radius 1 is 1.23 bits per heavy atom. The highest BCUT2D eigenvalue weighted by Crippen LogP contribution is 2.15. The van der Waals surface area contributed by atoms with E-state index >= 15 is 0 Å². The zero-order valence-corrected chi connectivity index (χ0v) is 15.5. The molecule has 0 atom stereocenters. The van der Waals surface area contributed by atoms with E-state index in [0.717, 1.165) is 17.0 Å². The zero-order chi connectivity index (χ0) is 18.5. The van der Waals surface area contributed by atoms with Gasteiger partial charge in [-0.2, -0.15) is 5.10 Å². The van der Waals surface area contributed by atoms with E-state index in [1.54, 1.807) is 41.2 Å². The first-order valence-electron chi connectivity index (χ1n) is 8.28. The molecule has 0 N–H and O–H groups in total. The Kier molecular flexibility index (Phi) is 5.58. The highest BCUT2D eigenvalue weighted by Gasteiger charge is 2.14. The maximum atomic E-state index is 12.5. The molecule has 3 rings (SSSR count). The largest absolute Gasteiger partial charge is 0.492 e. The Morgan fingerprint density at radius 2 is 2.00 bits per heavy atom. The van der Waals surface area contributed by atoms with Crippen LogP contribution in [-0.4, -0.2) is 40.8 Å². The summed E-state index contributed by atoms with van der Waals surface area (Å²) in [6.07, 6.45) is 3.28. The van der Waals surface area contributed by atoms with Gasteiger partial charge < -0.3 is 9.64 Å². The lowest BCUT2D eigenvalue weighted by Gasteiger charge is -2.16. The van der Waals surface area contributed by atoms with Crippen molar-refractivity contribution in [2.75, 3.05) is 20.2 Å². The van der Waals surface area contributed by atoms with E-state index in [2.05, 4.69) is 5.10 Å². The summed E-state index contributed by atoms with van der Waals surface area (Å²) < 4.78 is 7.36. The first-order chi connectivity index (χ1) is 12.5. The third kappa shape index (κ3) is 4.43. The fourth-order valence-corrected chi connectivity index (χ4v) is 2.62. The van der Waals surface area contributed by atoms with Gasteiger partial charge in [0, 0.05) is 18.3 Å². The van der Waals surface area contributed by atoms with Gasteiger partial charge in [-0.25, -0.2) is 4.68 Å². The number of carbonyl (C=O) groups excluding carboxylic acids is 1. The second-order valence-electron chi connectivity index (χ2n) is 6.04. The summed E-state index contributed by atoms with van der Waals surface area (Å²) in [5.74, 6) is 0.708. The van der Waals surface area contributed by atoms with Crippen LogP contribution in [0.4, 0.5) is 0 Å². The highest BCUT2D eigenvalue weighted by molar-refractivity contribution is 6.30. The molecular weight excluding hydrogens is 350 g/mol. The molecule has 0 radical (unpaired) electrons. The molecule has 0 aliphatic carbocycles. The Hall–Kier alpha value is -2.79. The van der Waals surface area contributed by atoms with E-state index in [1.165, 1.54) is 0 Å². The fourth-order valence-electron chi connectivity index (χ4n) is 2.50. The van der Waals surface area contributed by atoms with Gasteiger partial charge in [-0.1, -0.05) is 23.7 Å². The number of carbonyl (C=O) groups is 1. The van der Waals surface area contributed by atoms with E-state index in [0.29, 0.717) is 23.7 Å². The quantitative estimate of drug-likeness (QED) is 0.660. The van der Waals surface area contributed by atoms with Crippen LogP contribution in [0.3, 0.4) is 0 Å². The molecule has 1 amide bonds. The van der Waals surface area contributed by atoms with E-state index in [4.69, 9.17) is 16.3 Å². The van der Waals surface area contributed by atoms with Gasteiger partial charge in [-0.3, -0.25) is 4.79 Å². The molecule has 0 fully saturated rings. The number of likely N-dealkylation sites (N-methyl/N-ethyl adjacent to an activating group) is 1. The maximum absolute atomic E-state index is 12.5. The van der Waals surface area contributed by atoms with Gasteiger partial charge in [-0.15, -0.1) is 0 Å². The molecule has 1 heterocycles. The molecule has 1 aromatic heterocycles. The van der Waals surface area contributed by atoms with Crippen molar-refractivity contribution >= 4 is 17.5 Å². The number of hydrogen-bond acceptors (Lipinski definition) is 3. The number of aryl methyl sites for hydroxylation is 1. The van der Waals surface area contributed by atoms with Gasteiger partial charge in [0.25, 0.3) is 5.91 Å². The van der Waals surface area contributed by atoms with E-state index in [-0.39, 0.29) is 5.91 Å². The summed E-state index contributed by atoms with van der Waals surface area (Å²) in [6, 6.07) is 15.1. The van der Waals surface area contributed by atoms with Crippen molar-refractivity contribution < 1.29 is 9.53 Å². The van der Waals surface area contributed by atoms with Crippen molar-refractivity contribution in [3.8, 4) is 11.4 Å². The van der Waals surface area contributed by atoms with Crippen LogP contribution in [-0.2, 0) is 0 Å². The average molecular weight is 370 g/mol. The van der Waals surface area contributed by atoms with Gasteiger partial charge in [-0.05, 0) is 48.9 Å². The van der Waals surface area contributed by atoms with Crippen molar-refractivity contribution in [3.63, 3.8) is 0 Å². The van der Waals surface area contributed by atoms with Gasteiger partial charge in [0.15, 0.2) is 0 Å². The topological polar surface area (TPSA) is 47.4 Å². The molecule has 0 aliphatic heterocycles. The molecule has 134 valence electrons. The Bertz CT molecular complexity index is 890. The number of hydrogen-bond donors (Lipinski definition) is 0. The van der Waals surface area contributed by atoms with Crippen LogP contribution in [0, 0.1) is 6.92 Å². The SMILES string of the molecule is Cc1cccc(OCCN(C)C(=O)c2cnn(-c3ccc(Cl)cc3)c2)c1. The van der Waals surface area contributed by atoms with Crippen LogP contribution >= 0.6 is 11.6 Å². The van der Waals surface area contributed by atoms with Crippen LogP contribution in [0.2, 0.25) is 5.02 Å². The summed E-state index contributed by atoms with van der Waals surface area (Å²) in [5, 5.41) is 4.91. The number of rotatable bonds is 6. The first kappa shape index (κ1) is 18.0. The van der Waals surface area contributed by atoms with Gasteiger partial charge in [0.2, 0.25) is 0 Å². The highest BCUT2D eigenvalue weighted by atomic mass is 35.5. The number of amides is 1. The number of benzene rings is 2. The Balaban J connectivity index is 1.57. The van der Waals surface area contributed by atoms with E-state index < -0.39 is 0 Å². The lowest BCUT2D eigenvalue weighted by Crippen LogP contribution is -2.30.